The maximum atomic E-state index is 7.64. The Kier molecular flexibility index (Phi) is 2.08. The molecule has 1 aliphatic heterocycles. The molecule has 1 aromatic rings. The monoisotopic (exact) mass is 188 g/mol. The lowest BCUT2D eigenvalue weighted by Gasteiger charge is -2.09. The molecule has 1 heterocycles. The fraction of sp³-hybridized carbons (Fsp3) is 0.273. The van der Waals surface area contributed by atoms with E-state index in [1.807, 2.05) is 38.1 Å². The zero-order valence-corrected chi connectivity index (χ0v) is 8.24. The lowest BCUT2D eigenvalue weighted by Crippen LogP contribution is -2.11. The first-order valence-corrected chi connectivity index (χ1v) is 4.62. The highest BCUT2D eigenvalue weighted by molar-refractivity contribution is 6.19. The van der Waals surface area contributed by atoms with Gasteiger partial charge in [0.05, 0.1) is 6.10 Å². The molecule has 14 heavy (non-hydrogen) atoms. The van der Waals surface area contributed by atoms with Gasteiger partial charge in [-0.3, -0.25) is 5.41 Å². The SMILES string of the molecule is CC(C)OC1=NC(=N)c2ccccc21. The number of hydrogen-bond acceptors (Lipinski definition) is 2. The summed E-state index contributed by atoms with van der Waals surface area (Å²) in [6.45, 7) is 3.90. The number of ether oxygens (including phenoxy) is 1. The summed E-state index contributed by atoms with van der Waals surface area (Å²) in [5.41, 5.74) is 1.77. The number of fused-ring (bicyclic) bond motifs is 1. The number of nitrogens with one attached hydrogen (secondary N) is 1. The molecule has 0 fully saturated rings. The van der Waals surface area contributed by atoms with E-state index in [9.17, 15) is 0 Å². The van der Waals surface area contributed by atoms with Gasteiger partial charge in [-0.15, -0.1) is 0 Å². The third-order valence-corrected chi connectivity index (χ3v) is 1.97. The Hall–Kier alpha value is -1.64. The number of rotatable bonds is 1. The van der Waals surface area contributed by atoms with Gasteiger partial charge in [-0.2, -0.15) is 4.99 Å². The molecule has 0 saturated heterocycles. The zero-order chi connectivity index (χ0) is 10.1. The summed E-state index contributed by atoms with van der Waals surface area (Å²) >= 11 is 0. The minimum atomic E-state index is 0.0905. The second-order valence-electron chi connectivity index (χ2n) is 3.48. The molecular weight excluding hydrogens is 176 g/mol. The molecule has 0 spiro atoms. The Balaban J connectivity index is 2.39. The molecule has 1 aliphatic rings. The van der Waals surface area contributed by atoms with Crippen molar-refractivity contribution in [3.8, 4) is 0 Å². The van der Waals surface area contributed by atoms with Gasteiger partial charge in [0.1, 0.15) is 0 Å². The number of benzene rings is 1. The van der Waals surface area contributed by atoms with E-state index in [1.165, 1.54) is 0 Å². The number of aliphatic imine (C=N–C) groups is 1. The molecule has 1 aromatic carbocycles. The molecule has 3 heteroatoms. The van der Waals surface area contributed by atoms with Gasteiger partial charge >= 0.3 is 0 Å². The predicted molar refractivity (Wildman–Crippen MR) is 56.0 cm³/mol. The van der Waals surface area contributed by atoms with Crippen LogP contribution in [0.1, 0.15) is 25.0 Å². The Morgan fingerprint density at radius 3 is 2.50 bits per heavy atom. The zero-order valence-electron chi connectivity index (χ0n) is 8.24. The fourth-order valence-electron chi connectivity index (χ4n) is 1.41. The Morgan fingerprint density at radius 1 is 1.21 bits per heavy atom. The van der Waals surface area contributed by atoms with E-state index in [-0.39, 0.29) is 11.9 Å². The molecule has 3 nitrogen and oxygen atoms in total. The second-order valence-corrected chi connectivity index (χ2v) is 3.48. The Bertz CT molecular complexity index is 408. The van der Waals surface area contributed by atoms with Crippen molar-refractivity contribution in [1.82, 2.24) is 0 Å². The predicted octanol–water partition coefficient (Wildman–Crippen LogP) is 2.20. The summed E-state index contributed by atoms with van der Waals surface area (Å²) in [7, 11) is 0. The van der Waals surface area contributed by atoms with Crippen molar-refractivity contribution >= 4 is 11.7 Å². The molecule has 0 aromatic heterocycles. The van der Waals surface area contributed by atoms with E-state index in [4.69, 9.17) is 10.1 Å². The van der Waals surface area contributed by atoms with Crippen LogP contribution < -0.4 is 0 Å². The number of nitrogens with zero attached hydrogens (tertiary/aromatic N) is 1. The summed E-state index contributed by atoms with van der Waals surface area (Å²) in [5.74, 6) is 0.858. The fourth-order valence-corrected chi connectivity index (χ4v) is 1.41. The van der Waals surface area contributed by atoms with Crippen LogP contribution in [-0.4, -0.2) is 17.8 Å². The average Bonchev–Trinajstić information content (AvgIpc) is 2.44. The number of hydrogen-bond donors (Lipinski definition) is 1. The van der Waals surface area contributed by atoms with Crippen LogP contribution in [-0.2, 0) is 4.74 Å². The van der Waals surface area contributed by atoms with Gasteiger partial charge in [0.15, 0.2) is 5.84 Å². The number of amidine groups is 1. The molecule has 0 atom stereocenters. The molecule has 0 radical (unpaired) electrons. The van der Waals surface area contributed by atoms with E-state index in [0.717, 1.165) is 11.1 Å². The van der Waals surface area contributed by atoms with Crippen molar-refractivity contribution in [3.63, 3.8) is 0 Å². The van der Waals surface area contributed by atoms with E-state index < -0.39 is 0 Å². The summed E-state index contributed by atoms with van der Waals surface area (Å²) in [6, 6.07) is 7.65. The van der Waals surface area contributed by atoms with Gasteiger partial charge in [0, 0.05) is 11.1 Å². The van der Waals surface area contributed by atoms with Crippen LogP contribution in [0, 0.1) is 5.41 Å². The van der Waals surface area contributed by atoms with Gasteiger partial charge in [-0.1, -0.05) is 18.2 Å². The molecule has 0 unspecified atom stereocenters. The van der Waals surface area contributed by atoms with Crippen LogP contribution in [0.2, 0.25) is 0 Å². The van der Waals surface area contributed by atoms with E-state index in [1.54, 1.807) is 0 Å². The van der Waals surface area contributed by atoms with Crippen LogP contribution >= 0.6 is 0 Å². The standard InChI is InChI=1S/C11H12N2O/c1-7(2)14-11-9-6-4-3-5-8(9)10(12)13-11/h3-7,12H,1-2H3. The van der Waals surface area contributed by atoms with Gasteiger partial charge in [0.2, 0.25) is 5.90 Å². The summed E-state index contributed by atoms with van der Waals surface area (Å²) in [5, 5.41) is 7.64. The van der Waals surface area contributed by atoms with Crippen molar-refractivity contribution < 1.29 is 4.74 Å². The Morgan fingerprint density at radius 2 is 1.86 bits per heavy atom. The second kappa shape index (κ2) is 3.25. The molecule has 2 rings (SSSR count). The first kappa shape index (κ1) is 8.94. The summed E-state index contributed by atoms with van der Waals surface area (Å²) < 4.78 is 5.52. The van der Waals surface area contributed by atoms with Crippen molar-refractivity contribution in [3.05, 3.63) is 35.4 Å². The molecule has 1 N–H and O–H groups in total. The first-order valence-electron chi connectivity index (χ1n) is 4.62. The van der Waals surface area contributed by atoms with Crippen LogP contribution in [0.4, 0.5) is 0 Å². The van der Waals surface area contributed by atoms with Crippen LogP contribution in [0.5, 0.6) is 0 Å². The minimum Gasteiger partial charge on any atom is -0.474 e. The molecule has 72 valence electrons. The smallest absolute Gasteiger partial charge is 0.223 e. The highest BCUT2D eigenvalue weighted by atomic mass is 16.5. The van der Waals surface area contributed by atoms with E-state index in [0.29, 0.717) is 5.90 Å². The van der Waals surface area contributed by atoms with Gasteiger partial charge < -0.3 is 4.74 Å². The normalized spacial score (nSPS) is 14.2. The minimum absolute atomic E-state index is 0.0905. The quantitative estimate of drug-likeness (QED) is 0.721. The van der Waals surface area contributed by atoms with Gasteiger partial charge in [0.25, 0.3) is 0 Å². The van der Waals surface area contributed by atoms with Crippen LogP contribution in [0.15, 0.2) is 29.3 Å². The topological polar surface area (TPSA) is 45.4 Å². The van der Waals surface area contributed by atoms with Gasteiger partial charge in [-0.25, -0.2) is 0 Å². The maximum Gasteiger partial charge on any atom is 0.223 e. The van der Waals surface area contributed by atoms with Crippen molar-refractivity contribution in [2.45, 2.75) is 20.0 Å². The largest absolute Gasteiger partial charge is 0.474 e. The summed E-state index contributed by atoms with van der Waals surface area (Å²) in [6.07, 6.45) is 0.0905. The maximum absolute atomic E-state index is 7.64. The third-order valence-electron chi connectivity index (χ3n) is 1.97. The highest BCUT2D eigenvalue weighted by Crippen LogP contribution is 2.19. The lowest BCUT2D eigenvalue weighted by molar-refractivity contribution is 0.230. The van der Waals surface area contributed by atoms with E-state index in [2.05, 4.69) is 4.99 Å². The molecule has 0 aliphatic carbocycles. The van der Waals surface area contributed by atoms with Crippen molar-refractivity contribution in [2.24, 2.45) is 4.99 Å². The lowest BCUT2D eigenvalue weighted by atomic mass is 10.1. The molecular formula is C11H12N2O. The molecule has 0 saturated carbocycles. The highest BCUT2D eigenvalue weighted by Gasteiger charge is 2.21. The van der Waals surface area contributed by atoms with Crippen molar-refractivity contribution in [2.75, 3.05) is 0 Å². The van der Waals surface area contributed by atoms with Gasteiger partial charge in [-0.05, 0) is 19.9 Å². The Labute approximate surface area is 82.9 Å². The van der Waals surface area contributed by atoms with Crippen molar-refractivity contribution in [1.29, 1.82) is 5.41 Å². The summed E-state index contributed by atoms with van der Waals surface area (Å²) in [4.78, 5) is 4.07. The van der Waals surface area contributed by atoms with E-state index >= 15 is 0 Å². The first-order chi connectivity index (χ1) is 6.68. The van der Waals surface area contributed by atoms with Crippen LogP contribution in [0.25, 0.3) is 0 Å². The average molecular weight is 188 g/mol. The van der Waals surface area contributed by atoms with Crippen LogP contribution in [0.3, 0.4) is 0 Å². The third kappa shape index (κ3) is 1.41. The molecule has 0 amide bonds. The molecule has 0 bridgehead atoms.